The number of nitrogens with zero attached hydrogens (tertiary/aromatic N) is 1. The second-order valence-electron chi connectivity index (χ2n) is 6.47. The molecule has 7 heteroatoms. The van der Waals surface area contributed by atoms with Crippen LogP contribution in [0.3, 0.4) is 0 Å². The molecule has 1 unspecified atom stereocenters. The van der Waals surface area contributed by atoms with Gasteiger partial charge in [0, 0.05) is 19.4 Å². The van der Waals surface area contributed by atoms with Crippen molar-refractivity contribution < 1.29 is 8.42 Å². The Balaban J connectivity index is 2.04. The monoisotopic (exact) mass is 422 g/mol. The zero-order valence-electron chi connectivity index (χ0n) is 14.9. The summed E-state index contributed by atoms with van der Waals surface area (Å²) in [5.41, 5.74) is 2.25. The first-order valence-electron chi connectivity index (χ1n) is 8.34. The Hall–Kier alpha value is -1.79. The Labute approximate surface area is 169 Å². The molecule has 0 fully saturated rings. The first-order chi connectivity index (χ1) is 12.7. The number of rotatable bonds is 6. The molecule has 0 radical (unpaired) electrons. The molecule has 0 amide bonds. The van der Waals surface area contributed by atoms with Crippen molar-refractivity contribution in [3.05, 3.63) is 89.7 Å². The average Bonchev–Trinajstić information content (AvgIpc) is 3.07. The standard InChI is InChI=1S/C20H20Cl2N2O2S/c1-15-8-10-18(11-9-15)27(25,26)23-19(16-12-13-24(2)14-16)20(21,22)17-6-4-3-5-7-17/h3-14,19,23H,1-2H3. The maximum Gasteiger partial charge on any atom is 0.241 e. The van der Waals surface area contributed by atoms with Crippen LogP contribution in [0.1, 0.15) is 22.7 Å². The number of halogens is 2. The Morgan fingerprint density at radius 2 is 1.63 bits per heavy atom. The SMILES string of the molecule is Cc1ccc(S(=O)(=O)NC(c2ccn(C)c2)C(Cl)(Cl)c2ccccc2)cc1. The first kappa shape index (κ1) is 20.0. The van der Waals surface area contributed by atoms with Gasteiger partial charge in [0.25, 0.3) is 0 Å². The number of alkyl halides is 2. The fourth-order valence-electron chi connectivity index (χ4n) is 2.81. The molecule has 1 N–H and O–H groups in total. The summed E-state index contributed by atoms with van der Waals surface area (Å²) in [6.45, 7) is 1.90. The largest absolute Gasteiger partial charge is 0.357 e. The lowest BCUT2D eigenvalue weighted by Gasteiger charge is -2.30. The molecular formula is C20H20Cl2N2O2S. The van der Waals surface area contributed by atoms with Crippen LogP contribution in [0, 0.1) is 6.92 Å². The van der Waals surface area contributed by atoms with Gasteiger partial charge in [0.05, 0.1) is 10.9 Å². The molecule has 1 aromatic heterocycles. The third-order valence-corrected chi connectivity index (χ3v) is 6.63. The van der Waals surface area contributed by atoms with Gasteiger partial charge >= 0.3 is 0 Å². The third-order valence-electron chi connectivity index (χ3n) is 4.31. The molecule has 27 heavy (non-hydrogen) atoms. The van der Waals surface area contributed by atoms with E-state index in [1.807, 2.05) is 42.9 Å². The normalized spacial score (nSPS) is 13.5. The molecule has 1 atom stereocenters. The van der Waals surface area contributed by atoms with E-state index < -0.39 is 20.4 Å². The Morgan fingerprint density at radius 1 is 1.00 bits per heavy atom. The lowest BCUT2D eigenvalue weighted by molar-refractivity contribution is 0.533. The van der Waals surface area contributed by atoms with E-state index in [0.29, 0.717) is 11.1 Å². The topological polar surface area (TPSA) is 51.1 Å². The molecule has 3 rings (SSSR count). The maximum absolute atomic E-state index is 13.0. The van der Waals surface area contributed by atoms with E-state index in [1.54, 1.807) is 48.7 Å². The van der Waals surface area contributed by atoms with Crippen molar-refractivity contribution in [2.45, 2.75) is 22.2 Å². The van der Waals surface area contributed by atoms with Crippen LogP contribution in [0.5, 0.6) is 0 Å². The number of hydrogen-bond acceptors (Lipinski definition) is 2. The number of sulfonamides is 1. The van der Waals surface area contributed by atoms with Crippen LogP contribution < -0.4 is 4.72 Å². The predicted octanol–water partition coefficient (Wildman–Crippen LogP) is 4.68. The minimum atomic E-state index is -3.83. The van der Waals surface area contributed by atoms with Crippen molar-refractivity contribution in [2.24, 2.45) is 7.05 Å². The van der Waals surface area contributed by atoms with E-state index in [2.05, 4.69) is 4.72 Å². The highest BCUT2D eigenvalue weighted by Gasteiger charge is 2.41. The van der Waals surface area contributed by atoms with Crippen molar-refractivity contribution in [2.75, 3.05) is 0 Å². The number of aryl methyl sites for hydroxylation is 2. The number of aromatic nitrogens is 1. The highest BCUT2D eigenvalue weighted by atomic mass is 35.5. The van der Waals surface area contributed by atoms with Gasteiger partial charge in [0.2, 0.25) is 10.0 Å². The highest BCUT2D eigenvalue weighted by Crippen LogP contribution is 2.45. The van der Waals surface area contributed by atoms with Gasteiger partial charge in [-0.15, -0.1) is 0 Å². The average molecular weight is 423 g/mol. The molecule has 0 spiro atoms. The summed E-state index contributed by atoms with van der Waals surface area (Å²) < 4.78 is 29.0. The van der Waals surface area contributed by atoms with Gasteiger partial charge in [0.15, 0.2) is 4.33 Å². The van der Waals surface area contributed by atoms with E-state index in [-0.39, 0.29) is 4.90 Å². The smallest absolute Gasteiger partial charge is 0.241 e. The third kappa shape index (κ3) is 4.38. The fraction of sp³-hybridized carbons (Fsp3) is 0.200. The van der Waals surface area contributed by atoms with Gasteiger partial charge in [0.1, 0.15) is 0 Å². The van der Waals surface area contributed by atoms with E-state index in [4.69, 9.17) is 23.2 Å². The molecule has 3 aromatic rings. The molecule has 142 valence electrons. The van der Waals surface area contributed by atoms with Gasteiger partial charge in [-0.25, -0.2) is 13.1 Å². The van der Waals surface area contributed by atoms with Crippen LogP contribution in [0.15, 0.2) is 78.0 Å². The van der Waals surface area contributed by atoms with Crippen molar-refractivity contribution in [1.29, 1.82) is 0 Å². The summed E-state index contributed by atoms with van der Waals surface area (Å²) in [7, 11) is -1.99. The van der Waals surface area contributed by atoms with Crippen LogP contribution in [0.25, 0.3) is 0 Å². The molecular weight excluding hydrogens is 403 g/mol. The van der Waals surface area contributed by atoms with Crippen LogP contribution in [0.2, 0.25) is 0 Å². The van der Waals surface area contributed by atoms with E-state index >= 15 is 0 Å². The van der Waals surface area contributed by atoms with E-state index in [9.17, 15) is 8.42 Å². The number of hydrogen-bond donors (Lipinski definition) is 1. The first-order valence-corrected chi connectivity index (χ1v) is 10.6. The lowest BCUT2D eigenvalue weighted by atomic mass is 10.0. The van der Waals surface area contributed by atoms with E-state index in [1.165, 1.54) is 0 Å². The van der Waals surface area contributed by atoms with Crippen molar-refractivity contribution in [3.63, 3.8) is 0 Å². The minimum Gasteiger partial charge on any atom is -0.357 e. The Morgan fingerprint density at radius 3 is 2.19 bits per heavy atom. The van der Waals surface area contributed by atoms with Crippen LogP contribution in [-0.2, 0) is 21.4 Å². The van der Waals surface area contributed by atoms with Gasteiger partial charge in [-0.05, 0) is 36.2 Å². The molecule has 0 aliphatic heterocycles. The fourth-order valence-corrected chi connectivity index (χ4v) is 4.81. The quantitative estimate of drug-likeness (QED) is 0.586. The molecule has 0 saturated carbocycles. The summed E-state index contributed by atoms with van der Waals surface area (Å²) in [5.74, 6) is 0. The molecule has 0 aliphatic carbocycles. The van der Waals surface area contributed by atoms with Gasteiger partial charge in [-0.1, -0.05) is 71.2 Å². The number of benzene rings is 2. The Bertz CT molecular complexity index is 1010. The van der Waals surface area contributed by atoms with Crippen LogP contribution >= 0.6 is 23.2 Å². The van der Waals surface area contributed by atoms with Crippen molar-refractivity contribution in [1.82, 2.24) is 9.29 Å². The summed E-state index contributed by atoms with van der Waals surface area (Å²) in [6, 6.07) is 16.6. The minimum absolute atomic E-state index is 0.159. The Kier molecular flexibility index (Phi) is 5.68. The zero-order chi connectivity index (χ0) is 19.7. The van der Waals surface area contributed by atoms with Crippen molar-refractivity contribution >= 4 is 33.2 Å². The predicted molar refractivity (Wildman–Crippen MR) is 109 cm³/mol. The molecule has 0 aliphatic rings. The maximum atomic E-state index is 13.0. The van der Waals surface area contributed by atoms with Gasteiger partial charge in [-0.3, -0.25) is 0 Å². The van der Waals surface area contributed by atoms with Crippen LogP contribution in [0.4, 0.5) is 0 Å². The number of nitrogens with one attached hydrogen (secondary N) is 1. The van der Waals surface area contributed by atoms with Crippen molar-refractivity contribution in [3.8, 4) is 0 Å². The molecule has 4 nitrogen and oxygen atoms in total. The van der Waals surface area contributed by atoms with Gasteiger partial charge < -0.3 is 4.57 Å². The summed E-state index contributed by atoms with van der Waals surface area (Å²) in [4.78, 5) is 0.159. The van der Waals surface area contributed by atoms with Crippen LogP contribution in [-0.4, -0.2) is 13.0 Å². The molecule has 0 saturated heterocycles. The van der Waals surface area contributed by atoms with Gasteiger partial charge in [-0.2, -0.15) is 0 Å². The summed E-state index contributed by atoms with van der Waals surface area (Å²) in [6.07, 6.45) is 3.61. The summed E-state index contributed by atoms with van der Waals surface area (Å²) >= 11 is 13.4. The van der Waals surface area contributed by atoms with E-state index in [0.717, 1.165) is 5.56 Å². The molecule has 1 heterocycles. The lowest BCUT2D eigenvalue weighted by Crippen LogP contribution is -2.37. The zero-order valence-corrected chi connectivity index (χ0v) is 17.3. The second-order valence-corrected chi connectivity index (χ2v) is 9.57. The molecule has 0 bridgehead atoms. The highest BCUT2D eigenvalue weighted by molar-refractivity contribution is 7.89. The summed E-state index contributed by atoms with van der Waals surface area (Å²) in [5, 5.41) is 0. The second kappa shape index (κ2) is 7.68. The molecule has 2 aromatic carbocycles.